The van der Waals surface area contributed by atoms with Crippen LogP contribution in [-0.4, -0.2) is 57.6 Å². The van der Waals surface area contributed by atoms with E-state index in [-0.39, 0.29) is 12.5 Å². The lowest BCUT2D eigenvalue weighted by molar-refractivity contribution is -0.140. The maximum atomic E-state index is 13.5. The summed E-state index contributed by atoms with van der Waals surface area (Å²) in [7, 11) is -2.30. The molecule has 0 aliphatic rings. The molecule has 2 rings (SSSR count). The lowest BCUT2D eigenvalue weighted by atomic mass is 10.1. The van der Waals surface area contributed by atoms with E-state index in [0.29, 0.717) is 24.4 Å². The molecule has 0 aliphatic carbocycles. The van der Waals surface area contributed by atoms with Gasteiger partial charge in [0.2, 0.25) is 21.8 Å². The largest absolute Gasteiger partial charge is 0.497 e. The van der Waals surface area contributed by atoms with Gasteiger partial charge in [-0.1, -0.05) is 42.8 Å². The second-order valence-corrected chi connectivity index (χ2v) is 9.71. The van der Waals surface area contributed by atoms with Gasteiger partial charge >= 0.3 is 0 Å². The van der Waals surface area contributed by atoms with Gasteiger partial charge in [0.25, 0.3) is 0 Å². The molecule has 33 heavy (non-hydrogen) atoms. The van der Waals surface area contributed by atoms with Crippen LogP contribution in [0.1, 0.15) is 31.4 Å². The van der Waals surface area contributed by atoms with E-state index >= 15 is 0 Å². The molecule has 9 heteroatoms. The minimum atomic E-state index is -3.78. The molecule has 1 N–H and O–H groups in total. The van der Waals surface area contributed by atoms with Gasteiger partial charge in [0.05, 0.1) is 19.1 Å². The lowest BCUT2D eigenvalue weighted by Crippen LogP contribution is -2.52. The van der Waals surface area contributed by atoms with E-state index < -0.39 is 28.5 Å². The van der Waals surface area contributed by atoms with E-state index in [1.165, 1.54) is 12.0 Å². The third-order valence-corrected chi connectivity index (χ3v) is 6.33. The highest BCUT2D eigenvalue weighted by molar-refractivity contribution is 7.92. The number of ether oxygens (including phenoxy) is 1. The van der Waals surface area contributed by atoms with Crippen LogP contribution in [0.15, 0.2) is 48.5 Å². The maximum absolute atomic E-state index is 13.5. The second kappa shape index (κ2) is 11.7. The normalized spacial score (nSPS) is 12.0. The molecule has 0 aliphatic heterocycles. The van der Waals surface area contributed by atoms with Gasteiger partial charge < -0.3 is 15.0 Å². The van der Waals surface area contributed by atoms with Gasteiger partial charge in [0.1, 0.15) is 18.3 Å². The molecular weight excluding hydrogens is 442 g/mol. The van der Waals surface area contributed by atoms with Crippen molar-refractivity contribution in [2.45, 2.75) is 39.8 Å². The zero-order valence-electron chi connectivity index (χ0n) is 19.9. The number of sulfonamides is 1. The zero-order valence-corrected chi connectivity index (χ0v) is 20.7. The Bertz CT molecular complexity index is 1070. The lowest BCUT2D eigenvalue weighted by Gasteiger charge is -2.33. The van der Waals surface area contributed by atoms with Gasteiger partial charge in [-0.3, -0.25) is 13.9 Å². The number of nitrogens with one attached hydrogen (secondary N) is 1. The number of hydrogen-bond acceptors (Lipinski definition) is 5. The fourth-order valence-electron chi connectivity index (χ4n) is 3.60. The van der Waals surface area contributed by atoms with Gasteiger partial charge in [0, 0.05) is 19.2 Å². The number of carbonyl (C=O) groups excluding carboxylic acids is 2. The summed E-state index contributed by atoms with van der Waals surface area (Å²) < 4.78 is 31.4. The number of carbonyl (C=O) groups is 2. The fourth-order valence-corrected chi connectivity index (χ4v) is 4.44. The van der Waals surface area contributed by atoms with Crippen molar-refractivity contribution >= 4 is 27.5 Å². The van der Waals surface area contributed by atoms with Crippen molar-refractivity contribution in [3.8, 4) is 5.75 Å². The molecule has 0 fully saturated rings. The number of anilines is 1. The highest BCUT2D eigenvalue weighted by atomic mass is 32.2. The van der Waals surface area contributed by atoms with Gasteiger partial charge in [-0.2, -0.15) is 0 Å². The summed E-state index contributed by atoms with van der Waals surface area (Å²) >= 11 is 0. The van der Waals surface area contributed by atoms with Crippen LogP contribution >= 0.6 is 0 Å². The summed E-state index contributed by atoms with van der Waals surface area (Å²) in [6, 6.07) is 13.4. The summed E-state index contributed by atoms with van der Waals surface area (Å²) in [5.74, 6) is -0.268. The van der Waals surface area contributed by atoms with Crippen LogP contribution in [0.5, 0.6) is 5.75 Å². The predicted molar refractivity (Wildman–Crippen MR) is 130 cm³/mol. The Kier molecular flexibility index (Phi) is 9.28. The quantitative estimate of drug-likeness (QED) is 0.539. The highest BCUT2D eigenvalue weighted by Gasteiger charge is 2.31. The Balaban J connectivity index is 2.44. The van der Waals surface area contributed by atoms with Crippen molar-refractivity contribution in [2.75, 3.05) is 30.8 Å². The van der Waals surface area contributed by atoms with E-state index in [1.807, 2.05) is 45.0 Å². The Hall–Kier alpha value is -3.07. The highest BCUT2D eigenvalue weighted by Crippen LogP contribution is 2.24. The molecule has 0 saturated carbocycles. The number of benzene rings is 2. The molecule has 2 aromatic carbocycles. The van der Waals surface area contributed by atoms with Crippen LogP contribution in [-0.2, 0) is 26.2 Å². The average Bonchev–Trinajstić information content (AvgIpc) is 2.76. The summed E-state index contributed by atoms with van der Waals surface area (Å²) in [4.78, 5) is 27.8. The third-order valence-electron chi connectivity index (χ3n) is 5.19. The van der Waals surface area contributed by atoms with Crippen LogP contribution in [0, 0.1) is 6.92 Å². The first-order valence-electron chi connectivity index (χ1n) is 10.8. The first-order valence-corrected chi connectivity index (χ1v) is 12.7. The predicted octanol–water partition coefficient (Wildman–Crippen LogP) is 2.71. The Morgan fingerprint density at radius 2 is 1.79 bits per heavy atom. The van der Waals surface area contributed by atoms with Crippen molar-refractivity contribution in [1.82, 2.24) is 10.2 Å². The molecule has 180 valence electrons. The minimum absolute atomic E-state index is 0.186. The van der Waals surface area contributed by atoms with Crippen LogP contribution in [0.25, 0.3) is 0 Å². The maximum Gasteiger partial charge on any atom is 0.244 e. The molecule has 0 spiro atoms. The van der Waals surface area contributed by atoms with Gasteiger partial charge in [0.15, 0.2) is 0 Å². The van der Waals surface area contributed by atoms with Crippen LogP contribution < -0.4 is 14.4 Å². The van der Waals surface area contributed by atoms with Gasteiger partial charge in [-0.15, -0.1) is 0 Å². The van der Waals surface area contributed by atoms with Gasteiger partial charge in [-0.05, 0) is 38.0 Å². The van der Waals surface area contributed by atoms with Gasteiger partial charge in [-0.25, -0.2) is 8.42 Å². The van der Waals surface area contributed by atoms with E-state index in [2.05, 4.69) is 5.32 Å². The van der Waals surface area contributed by atoms with Crippen LogP contribution in [0.2, 0.25) is 0 Å². The number of hydrogen-bond donors (Lipinski definition) is 1. The first-order chi connectivity index (χ1) is 15.6. The van der Waals surface area contributed by atoms with Crippen molar-refractivity contribution in [2.24, 2.45) is 0 Å². The summed E-state index contributed by atoms with van der Waals surface area (Å²) in [6.07, 6.45) is 1.44. The number of methoxy groups -OCH3 is 1. The topological polar surface area (TPSA) is 96.0 Å². The van der Waals surface area contributed by atoms with Crippen LogP contribution in [0.3, 0.4) is 0 Å². The molecule has 0 bridgehead atoms. The molecule has 0 aromatic heterocycles. The fraction of sp³-hybridized carbons (Fsp3) is 0.417. The SMILES string of the molecule is CCNC(=O)C(CC)N(Cc1cccc(C)c1)C(=O)CN(c1cccc(OC)c1)S(C)(=O)=O. The van der Waals surface area contributed by atoms with Crippen molar-refractivity contribution in [1.29, 1.82) is 0 Å². The van der Waals surface area contributed by atoms with Crippen LogP contribution in [0.4, 0.5) is 5.69 Å². The number of likely N-dealkylation sites (N-methyl/N-ethyl adjacent to an activating group) is 1. The standard InChI is InChI=1S/C24H33N3O5S/c1-6-22(24(29)25-7-2)26(16-19-11-8-10-18(3)14-19)23(28)17-27(33(5,30)31)20-12-9-13-21(15-20)32-4/h8-15,22H,6-7,16-17H2,1-5H3,(H,25,29). The van der Waals surface area contributed by atoms with Crippen molar-refractivity contribution in [3.63, 3.8) is 0 Å². The second-order valence-electron chi connectivity index (χ2n) is 7.80. The molecule has 0 saturated heterocycles. The summed E-state index contributed by atoms with van der Waals surface area (Å²) in [5.41, 5.74) is 2.20. The number of nitrogens with zero attached hydrogens (tertiary/aromatic N) is 2. The molecule has 1 atom stereocenters. The molecule has 2 amide bonds. The van der Waals surface area contributed by atoms with Crippen molar-refractivity contribution in [3.05, 3.63) is 59.7 Å². The van der Waals surface area contributed by atoms with E-state index in [4.69, 9.17) is 4.74 Å². The Morgan fingerprint density at radius 1 is 1.09 bits per heavy atom. The molecule has 0 radical (unpaired) electrons. The third kappa shape index (κ3) is 7.21. The zero-order chi connectivity index (χ0) is 24.6. The van der Waals surface area contributed by atoms with E-state index in [0.717, 1.165) is 21.7 Å². The molecular formula is C24H33N3O5S. The number of rotatable bonds is 11. The Labute approximate surface area is 196 Å². The minimum Gasteiger partial charge on any atom is -0.497 e. The number of aryl methyl sites for hydroxylation is 1. The molecule has 1 unspecified atom stereocenters. The smallest absolute Gasteiger partial charge is 0.244 e. The van der Waals surface area contributed by atoms with E-state index in [9.17, 15) is 18.0 Å². The van der Waals surface area contributed by atoms with E-state index in [1.54, 1.807) is 24.3 Å². The average molecular weight is 476 g/mol. The monoisotopic (exact) mass is 475 g/mol. The molecule has 0 heterocycles. The van der Waals surface area contributed by atoms with Crippen molar-refractivity contribution < 1.29 is 22.7 Å². The number of amides is 2. The Morgan fingerprint density at radius 3 is 2.36 bits per heavy atom. The summed E-state index contributed by atoms with van der Waals surface area (Å²) in [5, 5.41) is 2.78. The summed E-state index contributed by atoms with van der Waals surface area (Å²) in [6.45, 7) is 5.77. The first kappa shape index (κ1) is 26.2. The molecule has 8 nitrogen and oxygen atoms in total. The molecule has 2 aromatic rings.